The Morgan fingerprint density at radius 2 is 1.67 bits per heavy atom. The van der Waals surface area contributed by atoms with Gasteiger partial charge in [-0.25, -0.2) is 9.49 Å². The Morgan fingerprint density at radius 3 is 2.33 bits per heavy atom. The number of nitrogens with one attached hydrogen (secondary N) is 2. The summed E-state index contributed by atoms with van der Waals surface area (Å²) in [4.78, 5) is 27.0. The van der Waals surface area contributed by atoms with Crippen molar-refractivity contribution in [2.24, 2.45) is 0 Å². The van der Waals surface area contributed by atoms with Crippen molar-refractivity contribution in [2.45, 2.75) is 12.6 Å². The lowest BCUT2D eigenvalue weighted by Crippen LogP contribution is -2.53. The summed E-state index contributed by atoms with van der Waals surface area (Å²) in [5.41, 5.74) is 0.610. The van der Waals surface area contributed by atoms with Crippen molar-refractivity contribution in [3.05, 3.63) is 75.5 Å². The van der Waals surface area contributed by atoms with Crippen LogP contribution in [-0.2, 0) is 6.42 Å². The first-order valence-corrected chi connectivity index (χ1v) is 10.1. The molecular weight excluding hydrogens is 442 g/mol. The Morgan fingerprint density at radius 1 is 1.03 bits per heavy atom. The first-order valence-electron chi connectivity index (χ1n) is 10.1. The summed E-state index contributed by atoms with van der Waals surface area (Å²) in [5, 5.41) is 14.8. The highest BCUT2D eigenvalue weighted by Gasteiger charge is 2.39. The molecule has 33 heavy (non-hydrogen) atoms. The van der Waals surface area contributed by atoms with Gasteiger partial charge in [0.25, 0.3) is 11.5 Å². The van der Waals surface area contributed by atoms with Gasteiger partial charge in [0.1, 0.15) is 5.82 Å². The van der Waals surface area contributed by atoms with E-state index in [9.17, 15) is 27.2 Å². The van der Waals surface area contributed by atoms with Crippen LogP contribution < -0.4 is 5.56 Å². The second kappa shape index (κ2) is 8.64. The summed E-state index contributed by atoms with van der Waals surface area (Å²) in [5.74, 6) is -2.83. The highest BCUT2D eigenvalue weighted by Crippen LogP contribution is 2.22. The van der Waals surface area contributed by atoms with Crippen molar-refractivity contribution in [3.8, 4) is 0 Å². The van der Waals surface area contributed by atoms with Crippen LogP contribution in [0.2, 0.25) is 0 Å². The van der Waals surface area contributed by atoms with Gasteiger partial charge in [-0.2, -0.15) is 18.3 Å². The van der Waals surface area contributed by atoms with Crippen molar-refractivity contribution in [2.75, 3.05) is 26.2 Å². The number of benzene rings is 2. The van der Waals surface area contributed by atoms with E-state index < -0.39 is 23.7 Å². The standard InChI is InChI=1S/C22H19F4N5O2/c23-17-6-5-13(12-18-14-3-1-2-4-15(14)19(32)29-28-18)11-16(17)20(33)30-7-9-31(10-8-30)21(27)22(24,25)26/h1-6,11,27H,7-10,12H2,(H,29,32). The number of aromatic amines is 1. The van der Waals surface area contributed by atoms with Crippen LogP contribution in [0.4, 0.5) is 17.6 Å². The van der Waals surface area contributed by atoms with Crippen molar-refractivity contribution < 1.29 is 22.4 Å². The van der Waals surface area contributed by atoms with E-state index in [1.807, 2.05) is 0 Å². The minimum absolute atomic E-state index is 0.0624. The highest BCUT2D eigenvalue weighted by atomic mass is 19.4. The zero-order valence-corrected chi connectivity index (χ0v) is 17.2. The Kier molecular flexibility index (Phi) is 5.88. The molecule has 172 valence electrons. The minimum atomic E-state index is -4.76. The van der Waals surface area contributed by atoms with Crippen molar-refractivity contribution in [3.63, 3.8) is 0 Å². The summed E-state index contributed by atoms with van der Waals surface area (Å²) >= 11 is 0. The molecule has 11 heteroatoms. The largest absolute Gasteiger partial charge is 0.448 e. The number of nitrogens with zero attached hydrogens (tertiary/aromatic N) is 3. The maximum Gasteiger partial charge on any atom is 0.448 e. The van der Waals surface area contributed by atoms with E-state index in [4.69, 9.17) is 5.41 Å². The molecule has 3 aromatic rings. The van der Waals surface area contributed by atoms with Gasteiger partial charge in [0.05, 0.1) is 16.6 Å². The normalized spacial score (nSPS) is 14.5. The Bertz CT molecular complexity index is 1280. The maximum absolute atomic E-state index is 14.5. The highest BCUT2D eigenvalue weighted by molar-refractivity contribution is 5.95. The van der Waals surface area contributed by atoms with E-state index in [2.05, 4.69) is 10.2 Å². The molecule has 0 atom stereocenters. The van der Waals surface area contributed by atoms with Gasteiger partial charge in [-0.15, -0.1) is 0 Å². The second-order valence-corrected chi connectivity index (χ2v) is 7.66. The summed E-state index contributed by atoms with van der Waals surface area (Å²) in [6.07, 6.45) is -4.53. The quantitative estimate of drug-likeness (QED) is 0.356. The van der Waals surface area contributed by atoms with Gasteiger partial charge in [-0.3, -0.25) is 15.0 Å². The van der Waals surface area contributed by atoms with Gasteiger partial charge in [0, 0.05) is 38.0 Å². The number of halogens is 4. The molecule has 1 aliphatic heterocycles. The number of hydrogen-bond acceptors (Lipinski definition) is 4. The van der Waals surface area contributed by atoms with Crippen LogP contribution in [0.25, 0.3) is 10.8 Å². The van der Waals surface area contributed by atoms with Crippen molar-refractivity contribution in [1.29, 1.82) is 5.41 Å². The van der Waals surface area contributed by atoms with Gasteiger partial charge in [-0.05, 0) is 23.8 Å². The van der Waals surface area contributed by atoms with Gasteiger partial charge >= 0.3 is 6.18 Å². The third-order valence-electron chi connectivity index (χ3n) is 5.56. The zero-order valence-electron chi connectivity index (χ0n) is 17.2. The molecule has 1 saturated heterocycles. The molecule has 2 heterocycles. The SMILES string of the molecule is N=C(N1CCN(C(=O)c2cc(Cc3n[nH]c(=O)c4ccccc34)ccc2F)CC1)C(F)(F)F. The van der Waals surface area contributed by atoms with Crippen LogP contribution >= 0.6 is 0 Å². The van der Waals surface area contributed by atoms with Crippen LogP contribution in [0.1, 0.15) is 21.6 Å². The van der Waals surface area contributed by atoms with E-state index in [1.54, 1.807) is 24.3 Å². The van der Waals surface area contributed by atoms with Crippen molar-refractivity contribution >= 4 is 22.5 Å². The molecule has 0 aliphatic carbocycles. The van der Waals surface area contributed by atoms with E-state index in [0.29, 0.717) is 22.0 Å². The molecule has 0 unspecified atom stereocenters. The van der Waals surface area contributed by atoms with Crippen LogP contribution in [-0.4, -0.2) is 64.1 Å². The molecule has 1 fully saturated rings. The summed E-state index contributed by atoms with van der Waals surface area (Å²) in [6.45, 7) is -0.461. The smallest absolute Gasteiger partial charge is 0.349 e. The first-order chi connectivity index (χ1) is 15.6. The number of hydrogen-bond donors (Lipinski definition) is 2. The topological polar surface area (TPSA) is 93.2 Å². The maximum atomic E-state index is 14.5. The number of fused-ring (bicyclic) bond motifs is 1. The molecule has 1 aliphatic rings. The number of amidine groups is 1. The van der Waals surface area contributed by atoms with Crippen LogP contribution in [0.3, 0.4) is 0 Å². The molecule has 2 aromatic carbocycles. The van der Waals surface area contributed by atoms with E-state index in [1.165, 1.54) is 17.0 Å². The molecule has 4 rings (SSSR count). The zero-order chi connectivity index (χ0) is 23.8. The molecule has 0 spiro atoms. The van der Waals surface area contributed by atoms with E-state index in [0.717, 1.165) is 11.0 Å². The predicted molar refractivity (Wildman–Crippen MR) is 113 cm³/mol. The average Bonchev–Trinajstić information content (AvgIpc) is 2.81. The summed E-state index contributed by atoms with van der Waals surface area (Å²) < 4.78 is 52.7. The lowest BCUT2D eigenvalue weighted by molar-refractivity contribution is -0.0711. The number of aromatic nitrogens is 2. The van der Waals surface area contributed by atoms with Crippen LogP contribution in [0.15, 0.2) is 47.3 Å². The van der Waals surface area contributed by atoms with Crippen molar-refractivity contribution in [1.82, 2.24) is 20.0 Å². The first kappa shape index (κ1) is 22.4. The number of carbonyl (C=O) groups excluding carboxylic acids is 1. The predicted octanol–water partition coefficient (Wildman–Crippen LogP) is 2.95. The molecule has 0 saturated carbocycles. The van der Waals surface area contributed by atoms with E-state index in [-0.39, 0.29) is 43.7 Å². The molecule has 1 amide bonds. The Hall–Kier alpha value is -3.76. The third kappa shape index (κ3) is 4.57. The third-order valence-corrected chi connectivity index (χ3v) is 5.56. The summed E-state index contributed by atoms with van der Waals surface area (Å²) in [7, 11) is 0. The second-order valence-electron chi connectivity index (χ2n) is 7.66. The van der Waals surface area contributed by atoms with Gasteiger partial charge in [-0.1, -0.05) is 24.3 Å². The molecular formula is C22H19F4N5O2. The number of H-pyrrole nitrogens is 1. The monoisotopic (exact) mass is 461 g/mol. The fraction of sp³-hybridized carbons (Fsp3) is 0.273. The molecule has 0 bridgehead atoms. The molecule has 1 aromatic heterocycles. The Balaban J connectivity index is 1.53. The Labute approximate surface area is 185 Å². The number of piperazine rings is 1. The molecule has 7 nitrogen and oxygen atoms in total. The fourth-order valence-electron chi connectivity index (χ4n) is 3.83. The molecule has 0 radical (unpaired) electrons. The van der Waals surface area contributed by atoms with Gasteiger partial charge in [0.15, 0.2) is 0 Å². The number of carbonyl (C=O) groups is 1. The lowest BCUT2D eigenvalue weighted by Gasteiger charge is -2.36. The average molecular weight is 461 g/mol. The van der Waals surface area contributed by atoms with Crippen LogP contribution in [0.5, 0.6) is 0 Å². The van der Waals surface area contributed by atoms with Crippen LogP contribution in [0, 0.1) is 11.2 Å². The number of alkyl halides is 3. The van der Waals surface area contributed by atoms with Gasteiger partial charge < -0.3 is 9.80 Å². The lowest BCUT2D eigenvalue weighted by atomic mass is 10.0. The number of rotatable bonds is 3. The van der Waals surface area contributed by atoms with Gasteiger partial charge in [0.2, 0.25) is 5.84 Å². The summed E-state index contributed by atoms with van der Waals surface area (Å²) in [6, 6.07) is 11.0. The van der Waals surface area contributed by atoms with E-state index >= 15 is 0 Å². The fourth-order valence-corrected chi connectivity index (χ4v) is 3.83. The number of amides is 1. The minimum Gasteiger partial charge on any atom is -0.349 e. The molecule has 2 N–H and O–H groups in total.